The summed E-state index contributed by atoms with van der Waals surface area (Å²) in [7, 11) is 0. The first kappa shape index (κ1) is 26.1. The van der Waals surface area contributed by atoms with Crippen molar-refractivity contribution in [2.45, 2.75) is 32.1 Å². The number of phenolic OH excluding ortho intramolecular Hbond substituents is 1. The zero-order chi connectivity index (χ0) is 25.4. The van der Waals surface area contributed by atoms with Crippen LogP contribution in [0, 0.1) is 0 Å². The number of nitrogens with two attached hydrogens (primary N) is 1. The second kappa shape index (κ2) is 12.2. The predicted molar refractivity (Wildman–Crippen MR) is 129 cm³/mol. The summed E-state index contributed by atoms with van der Waals surface area (Å²) < 4.78 is 5.39. The number of ether oxygens (including phenoxy) is 1. The van der Waals surface area contributed by atoms with Gasteiger partial charge < -0.3 is 20.7 Å². The number of carbonyl (C=O) groups excluding carboxylic acids is 2. The minimum atomic E-state index is -1.27. The van der Waals surface area contributed by atoms with Crippen molar-refractivity contribution in [3.63, 3.8) is 0 Å². The molecule has 2 aromatic rings. The molecule has 35 heavy (non-hydrogen) atoms. The summed E-state index contributed by atoms with van der Waals surface area (Å²) in [5, 5.41) is 19.9. The summed E-state index contributed by atoms with van der Waals surface area (Å²) in [6.07, 6.45) is 0.0221. The highest BCUT2D eigenvalue weighted by Gasteiger charge is 2.31. The predicted octanol–water partition coefficient (Wildman–Crippen LogP) is 2.62. The maximum atomic E-state index is 13.5. The van der Waals surface area contributed by atoms with Crippen LogP contribution in [0.5, 0.6) is 5.75 Å². The van der Waals surface area contributed by atoms with E-state index in [4.69, 9.17) is 15.3 Å². The van der Waals surface area contributed by atoms with Gasteiger partial charge in [0.25, 0.3) is 5.91 Å². The number of hydrogen-bond acceptors (Lipinski definition) is 9. The molecule has 0 radical (unpaired) electrons. The number of amides is 2. The van der Waals surface area contributed by atoms with E-state index in [0.29, 0.717) is 0 Å². The average molecular weight is 502 g/mol. The summed E-state index contributed by atoms with van der Waals surface area (Å²) in [5.74, 6) is -1.45. The minimum Gasteiger partial charge on any atom is -0.508 e. The van der Waals surface area contributed by atoms with Gasteiger partial charge in [-0.05, 0) is 41.5 Å². The first-order valence-corrected chi connectivity index (χ1v) is 11.9. The normalized spacial score (nSPS) is 15.6. The number of aliphatic carboxylic acids is 1. The molecule has 2 aromatic carbocycles. The van der Waals surface area contributed by atoms with E-state index in [1.807, 2.05) is 13.0 Å². The van der Waals surface area contributed by atoms with Crippen LogP contribution in [-0.2, 0) is 27.4 Å². The quantitative estimate of drug-likeness (QED) is 0.382. The Morgan fingerprint density at radius 3 is 2.66 bits per heavy atom. The highest BCUT2D eigenvalue weighted by atomic mass is 32.2. The molecule has 0 saturated carbocycles. The number of carboxylic acids is 1. The second-order valence-electron chi connectivity index (χ2n) is 7.67. The topological polar surface area (TPSA) is 151 Å². The number of hydroxylamine groups is 1. The van der Waals surface area contributed by atoms with Gasteiger partial charge in [-0.2, -0.15) is 0 Å². The van der Waals surface area contributed by atoms with Crippen LogP contribution in [0.3, 0.4) is 0 Å². The smallest absolute Gasteiger partial charge is 0.417 e. The van der Waals surface area contributed by atoms with Gasteiger partial charge in [-0.1, -0.05) is 43.3 Å². The van der Waals surface area contributed by atoms with E-state index in [0.717, 1.165) is 21.2 Å². The van der Waals surface area contributed by atoms with Crippen LogP contribution in [0.4, 0.5) is 4.79 Å². The second-order valence-corrected chi connectivity index (χ2v) is 8.97. The number of nitrogens with one attached hydrogen (secondary N) is 1. The third kappa shape index (κ3) is 7.22. The van der Waals surface area contributed by atoms with Crippen LogP contribution in [0.1, 0.15) is 28.4 Å². The van der Waals surface area contributed by atoms with Crippen molar-refractivity contribution < 1.29 is 34.2 Å². The fourth-order valence-electron chi connectivity index (χ4n) is 3.32. The first-order chi connectivity index (χ1) is 16.8. The fraction of sp³-hybridized carbons (Fsp3) is 0.292. The third-order valence-corrected chi connectivity index (χ3v) is 5.88. The standard InChI is InChI=1S/C24H27N3O7S/c1-2-35-21-12-18(34-26-21)13-27(24(32)33-14-15-6-4-3-5-7-15)22(29)19-11-17(28)9-8-16(19)10-20(25)23(30)31/h3-9,11-12,18,20,26,28H,2,10,13-14,25H2,1H3,(H,30,31)/t18?,20-/m0/s1. The Labute approximate surface area is 206 Å². The maximum absolute atomic E-state index is 13.5. The van der Waals surface area contributed by atoms with Gasteiger partial charge in [-0.25, -0.2) is 9.69 Å². The number of benzene rings is 2. The lowest BCUT2D eigenvalue weighted by molar-refractivity contribution is -0.138. The number of imide groups is 1. The lowest BCUT2D eigenvalue weighted by Gasteiger charge is -2.24. The maximum Gasteiger partial charge on any atom is 0.417 e. The molecular formula is C24H27N3O7S. The van der Waals surface area contributed by atoms with E-state index in [1.54, 1.807) is 30.3 Å². The van der Waals surface area contributed by atoms with Gasteiger partial charge in [-0.15, -0.1) is 11.8 Å². The van der Waals surface area contributed by atoms with Crippen LogP contribution in [0.15, 0.2) is 59.6 Å². The summed E-state index contributed by atoms with van der Waals surface area (Å²) in [6, 6.07) is 11.6. The molecular weight excluding hydrogens is 474 g/mol. The Morgan fingerprint density at radius 2 is 1.97 bits per heavy atom. The molecule has 2 amide bonds. The number of carbonyl (C=O) groups is 3. The first-order valence-electron chi connectivity index (χ1n) is 10.9. The molecule has 1 heterocycles. The van der Waals surface area contributed by atoms with E-state index in [1.165, 1.54) is 30.0 Å². The Hall–Kier alpha value is -3.54. The molecule has 1 aliphatic rings. The van der Waals surface area contributed by atoms with Crippen LogP contribution < -0.4 is 11.2 Å². The molecule has 1 unspecified atom stereocenters. The molecule has 5 N–H and O–H groups in total. The van der Waals surface area contributed by atoms with Crippen molar-refractivity contribution >= 4 is 29.7 Å². The zero-order valence-corrected chi connectivity index (χ0v) is 19.9. The van der Waals surface area contributed by atoms with Crippen LogP contribution in [0.25, 0.3) is 0 Å². The molecule has 0 bridgehead atoms. The molecule has 0 saturated heterocycles. The third-order valence-electron chi connectivity index (χ3n) is 5.06. The van der Waals surface area contributed by atoms with Crippen LogP contribution in [-0.4, -0.2) is 57.5 Å². The van der Waals surface area contributed by atoms with E-state index in [-0.39, 0.29) is 36.4 Å². The number of rotatable bonds is 10. The molecule has 11 heteroatoms. The molecule has 1 aliphatic heterocycles. The Balaban J connectivity index is 1.87. The zero-order valence-electron chi connectivity index (χ0n) is 19.0. The highest BCUT2D eigenvalue weighted by Crippen LogP contribution is 2.23. The highest BCUT2D eigenvalue weighted by molar-refractivity contribution is 8.02. The Bertz CT molecular complexity index is 1090. The van der Waals surface area contributed by atoms with Crippen molar-refractivity contribution in [2.24, 2.45) is 5.73 Å². The summed E-state index contributed by atoms with van der Waals surface area (Å²) >= 11 is 1.51. The summed E-state index contributed by atoms with van der Waals surface area (Å²) in [5.41, 5.74) is 9.37. The molecule has 10 nitrogen and oxygen atoms in total. The number of nitrogens with zero attached hydrogens (tertiary/aromatic N) is 1. The molecule has 186 valence electrons. The lowest BCUT2D eigenvalue weighted by atomic mass is 9.99. The number of hydrogen-bond donors (Lipinski definition) is 4. The molecule has 0 spiro atoms. The Kier molecular flexibility index (Phi) is 9.12. The minimum absolute atomic E-state index is 0.0587. The van der Waals surface area contributed by atoms with E-state index >= 15 is 0 Å². The summed E-state index contributed by atoms with van der Waals surface area (Å²) in [4.78, 5) is 44.2. The molecule has 0 fully saturated rings. The number of thioether (sulfide) groups is 1. The van der Waals surface area contributed by atoms with Crippen molar-refractivity contribution in [3.05, 3.63) is 76.3 Å². The van der Waals surface area contributed by atoms with Crippen molar-refractivity contribution in [1.82, 2.24) is 10.4 Å². The summed E-state index contributed by atoms with van der Waals surface area (Å²) in [6.45, 7) is 1.74. The number of carboxylic acid groups (broad SMARTS) is 1. The monoisotopic (exact) mass is 501 g/mol. The Morgan fingerprint density at radius 1 is 1.23 bits per heavy atom. The average Bonchev–Trinajstić information content (AvgIpc) is 3.29. The van der Waals surface area contributed by atoms with Crippen LogP contribution in [0.2, 0.25) is 0 Å². The molecule has 0 aromatic heterocycles. The molecule has 3 rings (SSSR count). The van der Waals surface area contributed by atoms with E-state index in [2.05, 4.69) is 5.48 Å². The number of aromatic hydroxyl groups is 1. The van der Waals surface area contributed by atoms with Gasteiger partial charge in [0.2, 0.25) is 0 Å². The fourth-order valence-corrected chi connectivity index (χ4v) is 3.99. The molecule has 0 aliphatic carbocycles. The van der Waals surface area contributed by atoms with E-state index in [9.17, 15) is 24.6 Å². The number of phenols is 1. The van der Waals surface area contributed by atoms with Crippen molar-refractivity contribution in [1.29, 1.82) is 0 Å². The van der Waals surface area contributed by atoms with Crippen LogP contribution >= 0.6 is 11.8 Å². The van der Waals surface area contributed by atoms with Gasteiger partial charge in [-0.3, -0.25) is 19.9 Å². The van der Waals surface area contributed by atoms with Gasteiger partial charge in [0.1, 0.15) is 24.5 Å². The van der Waals surface area contributed by atoms with Gasteiger partial charge in [0, 0.05) is 5.56 Å². The van der Waals surface area contributed by atoms with E-state index < -0.39 is 30.1 Å². The van der Waals surface area contributed by atoms with Gasteiger partial charge >= 0.3 is 12.1 Å². The van der Waals surface area contributed by atoms with Gasteiger partial charge in [0.05, 0.1) is 11.6 Å². The lowest BCUT2D eigenvalue weighted by Crippen LogP contribution is -2.43. The largest absolute Gasteiger partial charge is 0.508 e. The SMILES string of the molecule is CCSC1=CC(CN(C(=O)OCc2ccccc2)C(=O)c2cc(O)ccc2C[C@H](N)C(=O)O)ON1. The van der Waals surface area contributed by atoms with Crippen molar-refractivity contribution in [2.75, 3.05) is 12.3 Å². The molecule has 2 atom stereocenters. The van der Waals surface area contributed by atoms with Crippen molar-refractivity contribution in [3.8, 4) is 5.75 Å². The van der Waals surface area contributed by atoms with Gasteiger partial charge in [0.15, 0.2) is 0 Å².